The van der Waals surface area contributed by atoms with Crippen LogP contribution in [0.15, 0.2) is 24.3 Å². The van der Waals surface area contributed by atoms with Crippen molar-refractivity contribution in [3.05, 3.63) is 29.8 Å². The quantitative estimate of drug-likeness (QED) is 0.861. The zero-order valence-electron chi connectivity index (χ0n) is 9.73. The van der Waals surface area contributed by atoms with E-state index in [0.717, 1.165) is 11.3 Å². The second-order valence-corrected chi connectivity index (χ2v) is 7.17. The molecule has 1 aromatic rings. The molecule has 6 heteroatoms. The summed E-state index contributed by atoms with van der Waals surface area (Å²) in [4.78, 5) is 12.0. The number of benzene rings is 1. The van der Waals surface area contributed by atoms with Crippen molar-refractivity contribution in [1.29, 1.82) is 0 Å². The highest BCUT2D eigenvalue weighted by Gasteiger charge is 2.33. The second-order valence-electron chi connectivity index (χ2n) is 4.38. The van der Waals surface area contributed by atoms with Crippen molar-refractivity contribution in [1.82, 2.24) is 0 Å². The van der Waals surface area contributed by atoms with Gasteiger partial charge in [0.05, 0.1) is 17.4 Å². The molecule has 0 radical (unpaired) electrons. The molecule has 4 nitrogen and oxygen atoms in total. The molecular weight excluding hydrogens is 318 g/mol. The van der Waals surface area contributed by atoms with Crippen molar-refractivity contribution in [2.24, 2.45) is 5.92 Å². The third-order valence-electron chi connectivity index (χ3n) is 3.02. The molecule has 1 aliphatic rings. The maximum Gasteiger partial charge on any atom is 0.228 e. The molecule has 2 rings (SSSR count). The van der Waals surface area contributed by atoms with Crippen LogP contribution in [0, 0.1) is 5.92 Å². The minimum Gasteiger partial charge on any atom is -0.326 e. The Morgan fingerprint density at radius 2 is 2.11 bits per heavy atom. The molecule has 1 unspecified atom stereocenters. The van der Waals surface area contributed by atoms with E-state index >= 15 is 0 Å². The van der Waals surface area contributed by atoms with E-state index in [1.165, 1.54) is 0 Å². The number of anilines is 1. The zero-order chi connectivity index (χ0) is 13.2. The van der Waals surface area contributed by atoms with Gasteiger partial charge in [-0.1, -0.05) is 34.1 Å². The first-order valence-electron chi connectivity index (χ1n) is 5.67. The van der Waals surface area contributed by atoms with Gasteiger partial charge >= 0.3 is 0 Å². The van der Waals surface area contributed by atoms with Crippen molar-refractivity contribution in [2.75, 3.05) is 16.8 Å². The molecule has 1 saturated heterocycles. The Bertz CT molecular complexity index is 556. The van der Waals surface area contributed by atoms with E-state index in [2.05, 4.69) is 21.2 Å². The van der Waals surface area contributed by atoms with Crippen LogP contribution in [0.4, 0.5) is 5.69 Å². The molecule has 0 aliphatic carbocycles. The lowest BCUT2D eigenvalue weighted by atomic mass is 10.1. The topological polar surface area (TPSA) is 63.2 Å². The van der Waals surface area contributed by atoms with E-state index in [-0.39, 0.29) is 17.4 Å². The Morgan fingerprint density at radius 3 is 2.72 bits per heavy atom. The van der Waals surface area contributed by atoms with Crippen molar-refractivity contribution in [2.45, 2.75) is 11.8 Å². The Hall–Kier alpha value is -0.880. The van der Waals surface area contributed by atoms with Crippen molar-refractivity contribution in [3.63, 3.8) is 0 Å². The standard InChI is InChI=1S/C12H14BrNO3S/c13-7-9-3-1-2-4-11(9)14-12(15)10-5-6-18(16,17)8-10/h1-4,10H,5-8H2,(H,14,15). The van der Waals surface area contributed by atoms with Gasteiger partial charge in [-0.3, -0.25) is 4.79 Å². The zero-order valence-corrected chi connectivity index (χ0v) is 12.1. The first kappa shape index (κ1) is 13.5. The molecule has 1 N–H and O–H groups in total. The fourth-order valence-corrected chi connectivity index (χ4v) is 4.23. The van der Waals surface area contributed by atoms with Gasteiger partial charge < -0.3 is 5.32 Å². The van der Waals surface area contributed by atoms with Crippen LogP contribution in [0.1, 0.15) is 12.0 Å². The van der Waals surface area contributed by atoms with Crippen LogP contribution < -0.4 is 5.32 Å². The molecule has 0 bridgehead atoms. The van der Waals surface area contributed by atoms with Crippen LogP contribution in [0.5, 0.6) is 0 Å². The molecule has 0 aromatic heterocycles. The summed E-state index contributed by atoms with van der Waals surface area (Å²) in [5, 5.41) is 3.45. The van der Waals surface area contributed by atoms with Gasteiger partial charge in [-0.15, -0.1) is 0 Å². The van der Waals surface area contributed by atoms with E-state index in [9.17, 15) is 13.2 Å². The highest BCUT2D eigenvalue weighted by molar-refractivity contribution is 9.08. The summed E-state index contributed by atoms with van der Waals surface area (Å²) in [5.41, 5.74) is 1.72. The van der Waals surface area contributed by atoms with Crippen LogP contribution >= 0.6 is 15.9 Å². The van der Waals surface area contributed by atoms with E-state index in [0.29, 0.717) is 11.8 Å². The molecule has 0 saturated carbocycles. The van der Waals surface area contributed by atoms with Crippen LogP contribution in [-0.4, -0.2) is 25.8 Å². The minimum absolute atomic E-state index is 0.0324. The average Bonchev–Trinajstić information content (AvgIpc) is 2.70. The summed E-state index contributed by atoms with van der Waals surface area (Å²) < 4.78 is 22.7. The third kappa shape index (κ3) is 3.11. The van der Waals surface area contributed by atoms with Gasteiger partial charge in [-0.05, 0) is 18.1 Å². The van der Waals surface area contributed by atoms with Crippen molar-refractivity contribution in [3.8, 4) is 0 Å². The fourth-order valence-electron chi connectivity index (χ4n) is 2.00. The Morgan fingerprint density at radius 1 is 1.39 bits per heavy atom. The number of hydrogen-bond donors (Lipinski definition) is 1. The molecule has 18 heavy (non-hydrogen) atoms. The SMILES string of the molecule is O=C(Nc1ccccc1CBr)C1CCS(=O)(=O)C1. The highest BCUT2D eigenvalue weighted by atomic mass is 79.9. The third-order valence-corrected chi connectivity index (χ3v) is 5.39. The summed E-state index contributed by atoms with van der Waals surface area (Å²) >= 11 is 3.35. The lowest BCUT2D eigenvalue weighted by Gasteiger charge is -2.12. The number of alkyl halides is 1. The number of carbonyl (C=O) groups is 1. The van der Waals surface area contributed by atoms with Gasteiger partial charge in [-0.2, -0.15) is 0 Å². The summed E-state index contributed by atoms with van der Waals surface area (Å²) in [7, 11) is -3.02. The van der Waals surface area contributed by atoms with Crippen molar-refractivity contribution >= 4 is 37.4 Å². The second kappa shape index (κ2) is 5.40. The molecule has 1 heterocycles. The number of nitrogens with one attached hydrogen (secondary N) is 1. The normalized spacial score (nSPS) is 21.7. The number of amides is 1. The van der Waals surface area contributed by atoms with Gasteiger partial charge in [0, 0.05) is 11.0 Å². The fraction of sp³-hybridized carbons (Fsp3) is 0.417. The maximum atomic E-state index is 12.0. The minimum atomic E-state index is -3.02. The largest absolute Gasteiger partial charge is 0.326 e. The maximum absolute atomic E-state index is 12.0. The summed E-state index contributed by atoms with van der Waals surface area (Å²) in [6, 6.07) is 7.47. The smallest absolute Gasteiger partial charge is 0.228 e. The number of rotatable bonds is 3. The van der Waals surface area contributed by atoms with Crippen LogP contribution in [0.25, 0.3) is 0 Å². The number of sulfone groups is 1. The average molecular weight is 332 g/mol. The van der Waals surface area contributed by atoms with E-state index in [1.807, 2.05) is 24.3 Å². The number of hydrogen-bond acceptors (Lipinski definition) is 3. The molecule has 1 aromatic carbocycles. The Kier molecular flexibility index (Phi) is 4.07. The van der Waals surface area contributed by atoms with Crippen molar-refractivity contribution < 1.29 is 13.2 Å². The first-order chi connectivity index (χ1) is 8.52. The molecule has 1 fully saturated rings. The van der Waals surface area contributed by atoms with Crippen LogP contribution in [-0.2, 0) is 20.0 Å². The highest BCUT2D eigenvalue weighted by Crippen LogP contribution is 2.23. The monoisotopic (exact) mass is 331 g/mol. The number of halogens is 1. The molecule has 98 valence electrons. The molecular formula is C12H14BrNO3S. The van der Waals surface area contributed by atoms with Gasteiger partial charge in [0.1, 0.15) is 0 Å². The first-order valence-corrected chi connectivity index (χ1v) is 8.61. The van der Waals surface area contributed by atoms with E-state index in [4.69, 9.17) is 0 Å². The lowest BCUT2D eigenvalue weighted by molar-refractivity contribution is -0.119. The van der Waals surface area contributed by atoms with Gasteiger partial charge in [-0.25, -0.2) is 8.42 Å². The number of carbonyl (C=O) groups excluding carboxylic acids is 1. The summed E-state index contributed by atoms with van der Waals surface area (Å²) in [6.07, 6.45) is 0.421. The van der Waals surface area contributed by atoms with E-state index in [1.54, 1.807) is 0 Å². The van der Waals surface area contributed by atoms with Gasteiger partial charge in [0.15, 0.2) is 9.84 Å². The molecule has 0 spiro atoms. The van der Waals surface area contributed by atoms with Crippen LogP contribution in [0.3, 0.4) is 0 Å². The van der Waals surface area contributed by atoms with Gasteiger partial charge in [0.2, 0.25) is 5.91 Å². The Labute approximate surface area is 115 Å². The summed E-state index contributed by atoms with van der Waals surface area (Å²) in [6.45, 7) is 0. The number of para-hydroxylation sites is 1. The predicted octanol–water partition coefficient (Wildman–Crippen LogP) is 1.95. The summed E-state index contributed by atoms with van der Waals surface area (Å²) in [5.74, 6) is -0.539. The van der Waals surface area contributed by atoms with E-state index < -0.39 is 15.8 Å². The molecule has 1 amide bonds. The Balaban J connectivity index is 2.08. The van der Waals surface area contributed by atoms with Crippen LogP contribution in [0.2, 0.25) is 0 Å². The van der Waals surface area contributed by atoms with Gasteiger partial charge in [0.25, 0.3) is 0 Å². The molecule has 1 atom stereocenters. The molecule has 1 aliphatic heterocycles. The predicted molar refractivity (Wildman–Crippen MR) is 74.5 cm³/mol. The lowest BCUT2D eigenvalue weighted by Crippen LogP contribution is -2.24.